The van der Waals surface area contributed by atoms with E-state index in [9.17, 15) is 14.4 Å². The highest BCUT2D eigenvalue weighted by molar-refractivity contribution is 7.15. The smallest absolute Gasteiger partial charge is 0.348 e. The van der Waals surface area contributed by atoms with Gasteiger partial charge in [0.2, 0.25) is 0 Å². The van der Waals surface area contributed by atoms with Crippen molar-refractivity contribution in [1.29, 1.82) is 0 Å². The molecular weight excluding hydrogens is 290 g/mol. The minimum atomic E-state index is -0.479. The average Bonchev–Trinajstić information content (AvgIpc) is 3.02. The predicted octanol–water partition coefficient (Wildman–Crippen LogP) is 2.15. The van der Waals surface area contributed by atoms with Crippen molar-refractivity contribution in [3.05, 3.63) is 57.8 Å². The fraction of sp³-hybridized carbons (Fsp3) is 0.133. The lowest BCUT2D eigenvalue weighted by Crippen LogP contribution is -2.29. The number of carbonyl (C=O) groups excluding carboxylic acids is 3. The van der Waals surface area contributed by atoms with E-state index in [-0.39, 0.29) is 18.2 Å². The number of amides is 1. The van der Waals surface area contributed by atoms with Crippen LogP contribution >= 0.6 is 11.3 Å². The first-order valence-electron chi connectivity index (χ1n) is 6.16. The second-order valence-electron chi connectivity index (χ2n) is 4.13. The molecule has 0 bridgehead atoms. The van der Waals surface area contributed by atoms with E-state index in [1.807, 2.05) is 6.07 Å². The third-order valence-corrected chi connectivity index (χ3v) is 3.82. The first-order valence-corrected chi connectivity index (χ1v) is 6.98. The Labute approximate surface area is 125 Å². The first kappa shape index (κ1) is 14.9. The fourth-order valence-electron chi connectivity index (χ4n) is 1.64. The molecule has 0 aliphatic rings. The van der Waals surface area contributed by atoms with E-state index < -0.39 is 5.97 Å². The van der Waals surface area contributed by atoms with Gasteiger partial charge in [-0.3, -0.25) is 9.59 Å². The number of hydrogen-bond acceptors (Lipinski definition) is 5. The van der Waals surface area contributed by atoms with Crippen LogP contribution in [-0.2, 0) is 4.74 Å². The van der Waals surface area contributed by atoms with Crippen LogP contribution in [0.25, 0.3) is 0 Å². The molecule has 0 aliphatic heterocycles. The molecule has 0 radical (unpaired) electrons. The molecule has 5 nitrogen and oxygen atoms in total. The van der Waals surface area contributed by atoms with Crippen molar-refractivity contribution in [3.8, 4) is 0 Å². The van der Waals surface area contributed by atoms with Crippen molar-refractivity contribution >= 4 is 29.0 Å². The summed E-state index contributed by atoms with van der Waals surface area (Å²) < 4.78 is 4.58. The summed E-state index contributed by atoms with van der Waals surface area (Å²) >= 11 is 1.05. The number of Topliss-reactive ketones (excluding diaryl/α,β-unsaturated/α-hetero) is 1. The largest absolute Gasteiger partial charge is 0.465 e. The minimum absolute atomic E-state index is 0.116. The van der Waals surface area contributed by atoms with Crippen LogP contribution in [0.5, 0.6) is 0 Å². The van der Waals surface area contributed by atoms with E-state index in [2.05, 4.69) is 10.1 Å². The number of hydrogen-bond donors (Lipinski definition) is 1. The zero-order valence-corrected chi connectivity index (χ0v) is 12.1. The molecule has 0 saturated carbocycles. The van der Waals surface area contributed by atoms with Gasteiger partial charge in [0.25, 0.3) is 5.91 Å². The fourth-order valence-corrected chi connectivity index (χ4v) is 2.50. The maximum absolute atomic E-state index is 11.9. The lowest BCUT2D eigenvalue weighted by atomic mass is 10.2. The van der Waals surface area contributed by atoms with Crippen LogP contribution in [0.3, 0.4) is 0 Å². The van der Waals surface area contributed by atoms with Crippen LogP contribution in [0, 0.1) is 0 Å². The van der Waals surface area contributed by atoms with Gasteiger partial charge in [-0.1, -0.05) is 18.2 Å². The Morgan fingerprint density at radius 2 is 1.71 bits per heavy atom. The molecule has 108 valence electrons. The van der Waals surface area contributed by atoms with Crippen molar-refractivity contribution in [3.63, 3.8) is 0 Å². The van der Waals surface area contributed by atoms with E-state index >= 15 is 0 Å². The molecule has 0 unspecified atom stereocenters. The summed E-state index contributed by atoms with van der Waals surface area (Å²) in [5, 5.41) is 2.55. The maximum atomic E-state index is 11.9. The Balaban J connectivity index is 1.94. The van der Waals surface area contributed by atoms with Crippen LogP contribution < -0.4 is 5.32 Å². The summed E-state index contributed by atoms with van der Waals surface area (Å²) in [6.07, 6.45) is 0. The van der Waals surface area contributed by atoms with Crippen molar-refractivity contribution < 1.29 is 19.1 Å². The van der Waals surface area contributed by atoms with Gasteiger partial charge in [0.1, 0.15) is 4.88 Å². The number of ketones is 1. The SMILES string of the molecule is COC(=O)c1ccc(C(=O)CNC(=O)c2ccccc2)s1. The van der Waals surface area contributed by atoms with Crippen LogP contribution in [0.2, 0.25) is 0 Å². The highest BCUT2D eigenvalue weighted by Crippen LogP contribution is 2.17. The third kappa shape index (κ3) is 3.76. The van der Waals surface area contributed by atoms with E-state index in [0.29, 0.717) is 15.3 Å². The van der Waals surface area contributed by atoms with Crippen LogP contribution in [0.4, 0.5) is 0 Å². The maximum Gasteiger partial charge on any atom is 0.348 e. The molecule has 0 fully saturated rings. The second-order valence-corrected chi connectivity index (χ2v) is 5.21. The number of rotatable bonds is 5. The van der Waals surface area contributed by atoms with Crippen molar-refractivity contribution in [2.75, 3.05) is 13.7 Å². The molecule has 6 heteroatoms. The van der Waals surface area contributed by atoms with Gasteiger partial charge in [-0.25, -0.2) is 4.79 Å². The Bertz CT molecular complexity index is 663. The van der Waals surface area contributed by atoms with Gasteiger partial charge in [-0.2, -0.15) is 0 Å². The molecule has 1 N–H and O–H groups in total. The Hall–Kier alpha value is -2.47. The van der Waals surface area contributed by atoms with Crippen molar-refractivity contribution in [1.82, 2.24) is 5.32 Å². The molecule has 2 aromatic rings. The van der Waals surface area contributed by atoms with Crippen LogP contribution in [0.15, 0.2) is 42.5 Å². The summed E-state index contributed by atoms with van der Waals surface area (Å²) in [6.45, 7) is -0.116. The second kappa shape index (κ2) is 6.81. The Morgan fingerprint density at radius 1 is 1.05 bits per heavy atom. The van der Waals surface area contributed by atoms with Crippen molar-refractivity contribution in [2.24, 2.45) is 0 Å². The van der Waals surface area contributed by atoms with Crippen molar-refractivity contribution in [2.45, 2.75) is 0 Å². The van der Waals surface area contributed by atoms with Gasteiger partial charge in [0.05, 0.1) is 18.5 Å². The number of esters is 1. The van der Waals surface area contributed by atoms with E-state index in [1.54, 1.807) is 30.3 Å². The van der Waals surface area contributed by atoms with E-state index in [0.717, 1.165) is 11.3 Å². The molecular formula is C15H13NO4S. The number of benzene rings is 1. The number of nitrogens with one attached hydrogen (secondary N) is 1. The number of carbonyl (C=O) groups is 3. The number of methoxy groups -OCH3 is 1. The molecule has 1 heterocycles. The molecule has 1 aromatic heterocycles. The van der Waals surface area contributed by atoms with Gasteiger partial charge < -0.3 is 10.1 Å². The van der Waals surface area contributed by atoms with Gasteiger partial charge in [-0.15, -0.1) is 11.3 Å². The van der Waals surface area contributed by atoms with Crippen LogP contribution in [0.1, 0.15) is 29.7 Å². The summed E-state index contributed by atoms with van der Waals surface area (Å²) in [7, 11) is 1.28. The van der Waals surface area contributed by atoms with E-state index in [1.165, 1.54) is 13.2 Å². The van der Waals surface area contributed by atoms with Gasteiger partial charge in [-0.05, 0) is 24.3 Å². The predicted molar refractivity (Wildman–Crippen MR) is 78.8 cm³/mol. The number of ether oxygens (including phenoxy) is 1. The lowest BCUT2D eigenvalue weighted by Gasteiger charge is -2.03. The highest BCUT2D eigenvalue weighted by atomic mass is 32.1. The summed E-state index contributed by atoms with van der Waals surface area (Å²) in [5.74, 6) is -1.04. The van der Waals surface area contributed by atoms with Crippen LogP contribution in [-0.4, -0.2) is 31.3 Å². The quantitative estimate of drug-likeness (QED) is 0.678. The highest BCUT2D eigenvalue weighted by Gasteiger charge is 2.15. The van der Waals surface area contributed by atoms with E-state index in [4.69, 9.17) is 0 Å². The van der Waals surface area contributed by atoms with Gasteiger partial charge in [0, 0.05) is 5.56 Å². The Morgan fingerprint density at radius 3 is 2.38 bits per heavy atom. The molecule has 1 aromatic carbocycles. The minimum Gasteiger partial charge on any atom is -0.465 e. The summed E-state index contributed by atoms with van der Waals surface area (Å²) in [4.78, 5) is 35.8. The first-order chi connectivity index (χ1) is 10.1. The molecule has 0 spiro atoms. The third-order valence-electron chi connectivity index (χ3n) is 2.71. The number of thiophene rings is 1. The molecule has 1 amide bonds. The normalized spacial score (nSPS) is 9.95. The average molecular weight is 303 g/mol. The Kier molecular flexibility index (Phi) is 4.84. The topological polar surface area (TPSA) is 72.5 Å². The molecule has 21 heavy (non-hydrogen) atoms. The zero-order chi connectivity index (χ0) is 15.2. The molecule has 0 saturated heterocycles. The zero-order valence-electron chi connectivity index (χ0n) is 11.3. The van der Waals surface area contributed by atoms with Gasteiger partial charge in [0.15, 0.2) is 5.78 Å². The molecule has 0 atom stereocenters. The molecule has 2 rings (SSSR count). The summed E-state index contributed by atoms with van der Waals surface area (Å²) in [5.41, 5.74) is 0.492. The standard InChI is InChI=1S/C15H13NO4S/c1-20-15(19)13-8-7-12(21-13)11(17)9-16-14(18)10-5-3-2-4-6-10/h2-8H,9H2,1H3,(H,16,18). The summed E-state index contributed by atoms with van der Waals surface area (Å²) in [6, 6.07) is 11.7. The molecule has 0 aliphatic carbocycles. The van der Waals surface area contributed by atoms with Gasteiger partial charge >= 0.3 is 5.97 Å². The monoisotopic (exact) mass is 303 g/mol. The lowest BCUT2D eigenvalue weighted by molar-refractivity contribution is 0.0606.